The molecular formula is C14H20N4. The van der Waals surface area contributed by atoms with Gasteiger partial charge in [-0.25, -0.2) is 4.98 Å². The second-order valence-corrected chi connectivity index (χ2v) is 5.59. The lowest BCUT2D eigenvalue weighted by Crippen LogP contribution is -2.58. The molecule has 0 spiro atoms. The molecule has 0 aliphatic carbocycles. The minimum absolute atomic E-state index is 0.108. The van der Waals surface area contributed by atoms with Crippen LogP contribution in [0.15, 0.2) is 12.3 Å². The summed E-state index contributed by atoms with van der Waals surface area (Å²) < 4.78 is 0. The normalized spacial score (nSPS) is 19.6. The summed E-state index contributed by atoms with van der Waals surface area (Å²) in [4.78, 5) is 8.99. The fraction of sp³-hybridized carbons (Fsp3) is 0.571. The molecule has 2 heterocycles. The highest BCUT2D eigenvalue weighted by Crippen LogP contribution is 2.26. The van der Waals surface area contributed by atoms with Gasteiger partial charge in [0, 0.05) is 31.4 Å². The quantitative estimate of drug-likeness (QED) is 0.755. The van der Waals surface area contributed by atoms with Crippen molar-refractivity contribution < 1.29 is 0 Å². The molecule has 1 aromatic heterocycles. The molecule has 2 rings (SSSR count). The summed E-state index contributed by atoms with van der Waals surface area (Å²) in [5, 5.41) is 9.28. The smallest absolute Gasteiger partial charge is 0.146 e. The summed E-state index contributed by atoms with van der Waals surface area (Å²) in [5.41, 5.74) is 1.81. The Morgan fingerprint density at radius 2 is 2.11 bits per heavy atom. The van der Waals surface area contributed by atoms with E-state index < -0.39 is 0 Å². The van der Waals surface area contributed by atoms with Gasteiger partial charge in [0.25, 0.3) is 0 Å². The monoisotopic (exact) mass is 244 g/mol. The molecule has 1 saturated heterocycles. The number of nitrogens with zero attached hydrogens (tertiary/aromatic N) is 4. The van der Waals surface area contributed by atoms with Crippen molar-refractivity contribution in [3.63, 3.8) is 0 Å². The summed E-state index contributed by atoms with van der Waals surface area (Å²) >= 11 is 0. The average molecular weight is 244 g/mol. The molecule has 0 saturated carbocycles. The SMILES string of the molecule is Cc1ccnc(N2CCN(C)C(C)(C)C2)c1C#N. The van der Waals surface area contributed by atoms with E-state index in [9.17, 15) is 5.26 Å². The van der Waals surface area contributed by atoms with E-state index in [1.807, 2.05) is 13.0 Å². The first-order valence-electron chi connectivity index (χ1n) is 6.27. The van der Waals surface area contributed by atoms with E-state index in [1.165, 1.54) is 0 Å². The summed E-state index contributed by atoms with van der Waals surface area (Å²) in [6.45, 7) is 9.22. The predicted octanol–water partition coefficient (Wildman–Crippen LogP) is 1.79. The number of nitriles is 1. The first-order valence-corrected chi connectivity index (χ1v) is 6.27. The fourth-order valence-electron chi connectivity index (χ4n) is 2.34. The molecule has 1 aromatic rings. The molecule has 1 aliphatic heterocycles. The molecule has 1 aliphatic rings. The van der Waals surface area contributed by atoms with Gasteiger partial charge in [0.2, 0.25) is 0 Å². The van der Waals surface area contributed by atoms with Gasteiger partial charge in [-0.05, 0) is 39.4 Å². The van der Waals surface area contributed by atoms with Crippen molar-refractivity contribution in [1.29, 1.82) is 5.26 Å². The van der Waals surface area contributed by atoms with Crippen LogP contribution < -0.4 is 4.90 Å². The van der Waals surface area contributed by atoms with E-state index in [2.05, 4.69) is 41.7 Å². The second-order valence-electron chi connectivity index (χ2n) is 5.59. The van der Waals surface area contributed by atoms with Gasteiger partial charge in [-0.2, -0.15) is 5.26 Å². The number of hydrogen-bond donors (Lipinski definition) is 0. The Labute approximate surface area is 109 Å². The zero-order valence-corrected chi connectivity index (χ0v) is 11.6. The molecule has 0 N–H and O–H groups in total. The minimum Gasteiger partial charge on any atom is -0.352 e. The zero-order chi connectivity index (χ0) is 13.3. The van der Waals surface area contributed by atoms with Crippen LogP contribution in [0, 0.1) is 18.3 Å². The lowest BCUT2D eigenvalue weighted by molar-refractivity contribution is 0.138. The second kappa shape index (κ2) is 4.58. The Morgan fingerprint density at radius 3 is 2.72 bits per heavy atom. The zero-order valence-electron chi connectivity index (χ0n) is 11.6. The van der Waals surface area contributed by atoms with Crippen LogP contribution in [0.25, 0.3) is 0 Å². The molecule has 96 valence electrons. The van der Waals surface area contributed by atoms with Crippen molar-refractivity contribution in [2.75, 3.05) is 31.6 Å². The number of aromatic nitrogens is 1. The molecular weight excluding hydrogens is 224 g/mol. The Morgan fingerprint density at radius 1 is 1.39 bits per heavy atom. The standard InChI is InChI=1S/C14H20N4/c1-11-5-6-16-13(12(11)9-15)18-8-7-17(4)14(2,3)10-18/h5-6H,7-8,10H2,1-4H3. The van der Waals surface area contributed by atoms with Crippen LogP contribution in [-0.4, -0.2) is 42.1 Å². The van der Waals surface area contributed by atoms with Crippen LogP contribution in [0.5, 0.6) is 0 Å². The van der Waals surface area contributed by atoms with E-state index in [0.717, 1.165) is 31.0 Å². The molecule has 0 aromatic carbocycles. The lowest BCUT2D eigenvalue weighted by Gasteiger charge is -2.46. The number of anilines is 1. The van der Waals surface area contributed by atoms with Crippen LogP contribution in [0.1, 0.15) is 25.0 Å². The van der Waals surface area contributed by atoms with Crippen molar-refractivity contribution >= 4 is 5.82 Å². The van der Waals surface area contributed by atoms with Crippen molar-refractivity contribution in [2.45, 2.75) is 26.3 Å². The van der Waals surface area contributed by atoms with Gasteiger partial charge in [0.1, 0.15) is 11.9 Å². The Hall–Kier alpha value is -1.60. The fourth-order valence-corrected chi connectivity index (χ4v) is 2.34. The first-order chi connectivity index (χ1) is 8.45. The average Bonchev–Trinajstić information content (AvgIpc) is 2.32. The van der Waals surface area contributed by atoms with Gasteiger partial charge in [-0.15, -0.1) is 0 Å². The minimum atomic E-state index is 0.108. The molecule has 0 amide bonds. The van der Waals surface area contributed by atoms with E-state index in [-0.39, 0.29) is 5.54 Å². The lowest BCUT2D eigenvalue weighted by atomic mass is 9.99. The maximum absolute atomic E-state index is 9.28. The third-order valence-electron chi connectivity index (χ3n) is 3.87. The third kappa shape index (κ3) is 2.19. The van der Waals surface area contributed by atoms with Crippen molar-refractivity contribution in [2.24, 2.45) is 0 Å². The van der Waals surface area contributed by atoms with Crippen LogP contribution in [0.2, 0.25) is 0 Å². The molecule has 1 fully saturated rings. The number of pyridine rings is 1. The number of piperazine rings is 1. The molecule has 0 atom stereocenters. The maximum atomic E-state index is 9.28. The third-order valence-corrected chi connectivity index (χ3v) is 3.87. The Kier molecular flexibility index (Phi) is 3.27. The highest BCUT2D eigenvalue weighted by atomic mass is 15.3. The Bertz CT molecular complexity index is 487. The number of likely N-dealkylation sites (N-methyl/N-ethyl adjacent to an activating group) is 1. The predicted molar refractivity (Wildman–Crippen MR) is 72.6 cm³/mol. The van der Waals surface area contributed by atoms with Crippen molar-refractivity contribution in [3.05, 3.63) is 23.4 Å². The summed E-state index contributed by atoms with van der Waals surface area (Å²) in [6.07, 6.45) is 1.79. The van der Waals surface area contributed by atoms with E-state index in [4.69, 9.17) is 0 Å². The largest absolute Gasteiger partial charge is 0.352 e. The Balaban J connectivity index is 2.34. The molecule has 4 heteroatoms. The van der Waals surface area contributed by atoms with Gasteiger partial charge >= 0.3 is 0 Å². The molecule has 0 unspecified atom stereocenters. The number of hydrogen-bond acceptors (Lipinski definition) is 4. The highest BCUT2D eigenvalue weighted by molar-refractivity contribution is 5.57. The summed E-state index contributed by atoms with van der Waals surface area (Å²) in [5.74, 6) is 0.832. The van der Waals surface area contributed by atoms with Crippen molar-refractivity contribution in [3.8, 4) is 6.07 Å². The van der Waals surface area contributed by atoms with Gasteiger partial charge in [0.05, 0.1) is 5.56 Å². The van der Waals surface area contributed by atoms with Gasteiger partial charge in [-0.3, -0.25) is 4.90 Å². The van der Waals surface area contributed by atoms with E-state index in [1.54, 1.807) is 6.20 Å². The number of rotatable bonds is 1. The summed E-state index contributed by atoms with van der Waals surface area (Å²) in [7, 11) is 2.15. The van der Waals surface area contributed by atoms with Crippen LogP contribution in [0.4, 0.5) is 5.82 Å². The van der Waals surface area contributed by atoms with E-state index >= 15 is 0 Å². The summed E-state index contributed by atoms with van der Waals surface area (Å²) in [6, 6.07) is 4.17. The van der Waals surface area contributed by atoms with E-state index in [0.29, 0.717) is 5.56 Å². The van der Waals surface area contributed by atoms with Gasteiger partial charge < -0.3 is 4.90 Å². The van der Waals surface area contributed by atoms with Crippen LogP contribution >= 0.6 is 0 Å². The van der Waals surface area contributed by atoms with Gasteiger partial charge in [-0.1, -0.05) is 0 Å². The number of aryl methyl sites for hydroxylation is 1. The topological polar surface area (TPSA) is 43.2 Å². The first kappa shape index (κ1) is 12.8. The van der Waals surface area contributed by atoms with Crippen LogP contribution in [0.3, 0.4) is 0 Å². The highest BCUT2D eigenvalue weighted by Gasteiger charge is 2.32. The maximum Gasteiger partial charge on any atom is 0.146 e. The van der Waals surface area contributed by atoms with Gasteiger partial charge in [0.15, 0.2) is 0 Å². The molecule has 4 nitrogen and oxygen atoms in total. The van der Waals surface area contributed by atoms with Crippen molar-refractivity contribution in [1.82, 2.24) is 9.88 Å². The van der Waals surface area contributed by atoms with Crippen LogP contribution in [-0.2, 0) is 0 Å². The molecule has 0 radical (unpaired) electrons. The molecule has 18 heavy (non-hydrogen) atoms. The molecule has 0 bridgehead atoms.